The first-order chi connectivity index (χ1) is 13.4. The van der Waals surface area contributed by atoms with Gasteiger partial charge in [-0.3, -0.25) is 19.2 Å². The molecule has 0 saturated carbocycles. The van der Waals surface area contributed by atoms with E-state index in [0.29, 0.717) is 36.8 Å². The summed E-state index contributed by atoms with van der Waals surface area (Å²) in [6, 6.07) is 6.78. The standard InChI is InChI=1S/C18H20F2N4O3S/c1-12(25)22-28-17-4-5-18(26)24(21-17)11-14-10-23(6-7-27-14)9-13-2-3-15(19)16(20)8-13/h2-5,8,14H,6-7,9-11H2,1H3,(H,22,25). The third-order valence-corrected chi connectivity index (χ3v) is 4.95. The van der Waals surface area contributed by atoms with Gasteiger partial charge < -0.3 is 4.74 Å². The summed E-state index contributed by atoms with van der Waals surface area (Å²) in [4.78, 5) is 25.2. The van der Waals surface area contributed by atoms with E-state index in [1.54, 1.807) is 6.07 Å². The minimum absolute atomic E-state index is 0.215. The summed E-state index contributed by atoms with van der Waals surface area (Å²) in [5.74, 6) is -1.95. The van der Waals surface area contributed by atoms with Crippen molar-refractivity contribution in [3.63, 3.8) is 0 Å². The summed E-state index contributed by atoms with van der Waals surface area (Å²) in [5, 5.41) is 4.72. The fraction of sp³-hybridized carbons (Fsp3) is 0.389. The number of ether oxygens (including phenoxy) is 1. The monoisotopic (exact) mass is 410 g/mol. The number of carbonyl (C=O) groups is 1. The second-order valence-corrected chi connectivity index (χ2v) is 7.26. The van der Waals surface area contributed by atoms with Gasteiger partial charge in [0.1, 0.15) is 5.03 Å². The van der Waals surface area contributed by atoms with Crippen molar-refractivity contribution in [2.75, 3.05) is 19.7 Å². The zero-order valence-electron chi connectivity index (χ0n) is 15.2. The second-order valence-electron chi connectivity index (χ2n) is 6.43. The van der Waals surface area contributed by atoms with E-state index >= 15 is 0 Å². The van der Waals surface area contributed by atoms with Crippen molar-refractivity contribution < 1.29 is 18.3 Å². The highest BCUT2D eigenvalue weighted by Crippen LogP contribution is 2.15. The highest BCUT2D eigenvalue weighted by Gasteiger charge is 2.22. The van der Waals surface area contributed by atoms with Crippen LogP contribution in [-0.4, -0.2) is 46.4 Å². The number of hydrogen-bond acceptors (Lipinski definition) is 6. The molecule has 2 heterocycles. The maximum Gasteiger partial charge on any atom is 0.266 e. The van der Waals surface area contributed by atoms with E-state index in [1.807, 2.05) is 0 Å². The molecule has 1 N–H and O–H groups in total. The van der Waals surface area contributed by atoms with Crippen molar-refractivity contribution in [1.29, 1.82) is 0 Å². The van der Waals surface area contributed by atoms with Crippen LogP contribution in [0.2, 0.25) is 0 Å². The lowest BCUT2D eigenvalue weighted by Crippen LogP contribution is -2.45. The molecule has 0 bridgehead atoms. The highest BCUT2D eigenvalue weighted by molar-refractivity contribution is 7.97. The molecule has 1 fully saturated rings. The largest absolute Gasteiger partial charge is 0.374 e. The molecule has 1 amide bonds. The summed E-state index contributed by atoms with van der Waals surface area (Å²) in [6.07, 6.45) is -0.273. The van der Waals surface area contributed by atoms with Gasteiger partial charge in [-0.05, 0) is 23.8 Å². The van der Waals surface area contributed by atoms with E-state index in [-0.39, 0.29) is 24.1 Å². The molecule has 0 spiro atoms. The van der Waals surface area contributed by atoms with E-state index in [9.17, 15) is 18.4 Å². The van der Waals surface area contributed by atoms with Gasteiger partial charge in [-0.15, -0.1) is 0 Å². The summed E-state index contributed by atoms with van der Waals surface area (Å²) < 4.78 is 36.1. The number of aromatic nitrogens is 2. The number of amides is 1. The third-order valence-electron chi connectivity index (χ3n) is 4.13. The third kappa shape index (κ3) is 5.60. The van der Waals surface area contributed by atoms with Crippen molar-refractivity contribution in [3.8, 4) is 0 Å². The van der Waals surface area contributed by atoms with Crippen molar-refractivity contribution in [2.24, 2.45) is 0 Å². The second kappa shape index (κ2) is 9.26. The molecule has 0 aliphatic carbocycles. The van der Waals surface area contributed by atoms with Gasteiger partial charge in [-0.25, -0.2) is 13.5 Å². The summed E-state index contributed by atoms with van der Waals surface area (Å²) in [6.45, 7) is 3.73. The van der Waals surface area contributed by atoms with E-state index in [1.165, 1.54) is 29.8 Å². The molecular weight excluding hydrogens is 390 g/mol. The molecule has 3 rings (SSSR count). The Hall–Kier alpha value is -2.30. The molecular formula is C18H20F2N4O3S. The van der Waals surface area contributed by atoms with Gasteiger partial charge in [0.05, 0.1) is 19.3 Å². The maximum atomic E-state index is 13.4. The molecule has 2 aromatic rings. The van der Waals surface area contributed by atoms with E-state index in [4.69, 9.17) is 4.74 Å². The molecule has 1 aliphatic rings. The summed E-state index contributed by atoms with van der Waals surface area (Å²) >= 11 is 1.03. The Balaban J connectivity index is 1.63. The number of hydrogen-bond donors (Lipinski definition) is 1. The Labute approximate surface area is 164 Å². The van der Waals surface area contributed by atoms with Crippen LogP contribution in [0.25, 0.3) is 0 Å². The zero-order valence-corrected chi connectivity index (χ0v) is 16.0. The fourth-order valence-corrected chi connectivity index (χ4v) is 3.39. The maximum absolute atomic E-state index is 13.4. The van der Waals surface area contributed by atoms with Crippen LogP contribution in [0.4, 0.5) is 8.78 Å². The molecule has 1 aromatic carbocycles. The zero-order chi connectivity index (χ0) is 20.1. The van der Waals surface area contributed by atoms with E-state index < -0.39 is 11.6 Å². The lowest BCUT2D eigenvalue weighted by molar-refractivity contribution is -0.117. The normalized spacial score (nSPS) is 17.5. The molecule has 150 valence electrons. The topological polar surface area (TPSA) is 76.5 Å². The van der Waals surface area contributed by atoms with E-state index in [2.05, 4.69) is 14.7 Å². The molecule has 0 radical (unpaired) electrons. The number of morpholine rings is 1. The minimum Gasteiger partial charge on any atom is -0.374 e. The van der Waals surface area contributed by atoms with Crippen LogP contribution in [0.3, 0.4) is 0 Å². The predicted molar refractivity (Wildman–Crippen MR) is 99.5 cm³/mol. The van der Waals surface area contributed by atoms with Crippen LogP contribution < -0.4 is 10.3 Å². The number of rotatable bonds is 6. The first-order valence-electron chi connectivity index (χ1n) is 8.70. The van der Waals surface area contributed by atoms with Gasteiger partial charge in [-0.2, -0.15) is 5.10 Å². The number of nitrogens with one attached hydrogen (secondary N) is 1. The number of carbonyl (C=O) groups excluding carboxylic acids is 1. The minimum atomic E-state index is -0.869. The number of benzene rings is 1. The lowest BCUT2D eigenvalue weighted by Gasteiger charge is -2.33. The molecule has 1 aliphatic heterocycles. The summed E-state index contributed by atoms with van der Waals surface area (Å²) in [7, 11) is 0. The Morgan fingerprint density at radius 2 is 2.14 bits per heavy atom. The van der Waals surface area contributed by atoms with Gasteiger partial charge >= 0.3 is 0 Å². The first kappa shape index (κ1) is 20.4. The highest BCUT2D eigenvalue weighted by atomic mass is 32.2. The van der Waals surface area contributed by atoms with Gasteiger partial charge in [-0.1, -0.05) is 6.07 Å². The Bertz CT molecular complexity index is 909. The average molecular weight is 410 g/mol. The Kier molecular flexibility index (Phi) is 6.76. The van der Waals surface area contributed by atoms with Crippen LogP contribution in [0.15, 0.2) is 40.2 Å². The number of nitrogens with zero attached hydrogens (tertiary/aromatic N) is 3. The van der Waals surface area contributed by atoms with Gasteiger partial charge in [0.2, 0.25) is 5.91 Å². The van der Waals surface area contributed by atoms with Gasteiger partial charge in [0, 0.05) is 44.6 Å². The van der Waals surface area contributed by atoms with Gasteiger partial charge in [0.25, 0.3) is 5.56 Å². The molecule has 10 heteroatoms. The smallest absolute Gasteiger partial charge is 0.266 e. The molecule has 1 unspecified atom stereocenters. The van der Waals surface area contributed by atoms with Crippen molar-refractivity contribution >= 4 is 17.9 Å². The predicted octanol–water partition coefficient (Wildman–Crippen LogP) is 1.57. The molecule has 1 aromatic heterocycles. The Morgan fingerprint density at radius 3 is 2.89 bits per heavy atom. The first-order valence-corrected chi connectivity index (χ1v) is 9.52. The lowest BCUT2D eigenvalue weighted by atomic mass is 10.1. The molecule has 7 nitrogen and oxygen atoms in total. The van der Waals surface area contributed by atoms with E-state index in [0.717, 1.165) is 18.0 Å². The molecule has 1 atom stereocenters. The van der Waals surface area contributed by atoms with Crippen molar-refractivity contribution in [3.05, 3.63) is 57.9 Å². The summed E-state index contributed by atoms with van der Waals surface area (Å²) in [5.41, 5.74) is 0.400. The number of halogens is 2. The van der Waals surface area contributed by atoms with Crippen LogP contribution in [-0.2, 0) is 22.6 Å². The van der Waals surface area contributed by atoms with Crippen LogP contribution in [0.1, 0.15) is 12.5 Å². The van der Waals surface area contributed by atoms with Crippen molar-refractivity contribution in [1.82, 2.24) is 19.4 Å². The SMILES string of the molecule is CC(=O)NSc1ccc(=O)n(CC2CN(Cc3ccc(F)c(F)c3)CCO2)n1. The quantitative estimate of drug-likeness (QED) is 0.729. The molecule has 1 saturated heterocycles. The van der Waals surface area contributed by atoms with Crippen LogP contribution >= 0.6 is 11.9 Å². The van der Waals surface area contributed by atoms with Crippen LogP contribution in [0, 0.1) is 11.6 Å². The van der Waals surface area contributed by atoms with Crippen molar-refractivity contribution in [2.45, 2.75) is 31.1 Å². The molecule has 28 heavy (non-hydrogen) atoms. The Morgan fingerprint density at radius 1 is 1.32 bits per heavy atom. The average Bonchev–Trinajstić information content (AvgIpc) is 2.66. The van der Waals surface area contributed by atoms with Gasteiger partial charge in [0.15, 0.2) is 11.6 Å². The fourth-order valence-electron chi connectivity index (χ4n) is 2.86. The van der Waals surface area contributed by atoms with Crippen LogP contribution in [0.5, 0.6) is 0 Å².